The minimum absolute atomic E-state index is 0.196. The molecule has 0 amide bonds. The number of rotatable bonds is 10. The number of aliphatic hydroxyl groups is 1. The summed E-state index contributed by atoms with van der Waals surface area (Å²) >= 11 is 0. The van der Waals surface area contributed by atoms with E-state index in [1.807, 2.05) is 36.4 Å². The second kappa shape index (κ2) is 9.78. The molecular formula is C19H23NO4. The highest BCUT2D eigenvalue weighted by Gasteiger charge is 2.16. The molecule has 5 heteroatoms. The Labute approximate surface area is 142 Å². The van der Waals surface area contributed by atoms with Crippen LogP contribution in [0.3, 0.4) is 0 Å². The minimum Gasteiger partial charge on any atom is -0.496 e. The van der Waals surface area contributed by atoms with E-state index in [4.69, 9.17) is 20.3 Å². The Morgan fingerprint density at radius 2 is 2.08 bits per heavy atom. The van der Waals surface area contributed by atoms with Gasteiger partial charge in [0.05, 0.1) is 32.6 Å². The maximum atomic E-state index is 10.2. The minimum atomic E-state index is -0.636. The average Bonchev–Trinajstić information content (AvgIpc) is 3.08. The molecule has 128 valence electrons. The molecule has 2 rings (SSSR count). The summed E-state index contributed by atoms with van der Waals surface area (Å²) < 4.78 is 16.0. The first-order valence-corrected chi connectivity index (χ1v) is 7.78. The maximum Gasteiger partial charge on any atom is 0.123 e. The van der Waals surface area contributed by atoms with Crippen LogP contribution in [0.5, 0.6) is 5.75 Å². The largest absolute Gasteiger partial charge is 0.496 e. The molecule has 1 aromatic heterocycles. The van der Waals surface area contributed by atoms with Crippen molar-refractivity contribution in [2.75, 3.05) is 26.9 Å². The van der Waals surface area contributed by atoms with Crippen molar-refractivity contribution in [2.45, 2.75) is 19.2 Å². The van der Waals surface area contributed by atoms with E-state index in [0.29, 0.717) is 19.6 Å². The summed E-state index contributed by atoms with van der Waals surface area (Å²) in [6.07, 6.45) is 6.15. The van der Waals surface area contributed by atoms with Crippen molar-refractivity contribution in [3.63, 3.8) is 0 Å². The Bertz CT molecular complexity index is 633. The molecule has 1 heterocycles. The summed E-state index contributed by atoms with van der Waals surface area (Å²) in [6.45, 7) is 2.03. The SMILES string of the molecule is C#CCOC[C@@H](O)CN(Cc1ccco1)Cc1ccccc1OC. The molecule has 0 spiro atoms. The van der Waals surface area contributed by atoms with Gasteiger partial charge in [0.25, 0.3) is 0 Å². The lowest BCUT2D eigenvalue weighted by molar-refractivity contribution is 0.0228. The first-order chi connectivity index (χ1) is 11.7. The van der Waals surface area contributed by atoms with Crippen molar-refractivity contribution in [2.24, 2.45) is 0 Å². The van der Waals surface area contributed by atoms with Gasteiger partial charge in [-0.25, -0.2) is 0 Å². The van der Waals surface area contributed by atoms with Gasteiger partial charge in [-0.3, -0.25) is 4.90 Å². The van der Waals surface area contributed by atoms with E-state index in [9.17, 15) is 5.11 Å². The molecule has 0 radical (unpaired) electrons. The molecule has 0 saturated heterocycles. The molecule has 0 aliphatic heterocycles. The predicted molar refractivity (Wildman–Crippen MR) is 91.5 cm³/mol. The summed E-state index contributed by atoms with van der Waals surface area (Å²) in [5.74, 6) is 4.04. The fourth-order valence-corrected chi connectivity index (χ4v) is 2.49. The number of hydrogen-bond acceptors (Lipinski definition) is 5. The number of furan rings is 1. The number of benzene rings is 1. The first-order valence-electron chi connectivity index (χ1n) is 7.78. The fraction of sp³-hybridized carbons (Fsp3) is 0.368. The van der Waals surface area contributed by atoms with Gasteiger partial charge in [0.1, 0.15) is 18.1 Å². The molecular weight excluding hydrogens is 306 g/mol. The van der Waals surface area contributed by atoms with E-state index in [1.54, 1.807) is 13.4 Å². The van der Waals surface area contributed by atoms with Crippen LogP contribution in [0.1, 0.15) is 11.3 Å². The third kappa shape index (κ3) is 5.74. The van der Waals surface area contributed by atoms with Crippen molar-refractivity contribution in [3.8, 4) is 18.1 Å². The number of hydrogen-bond donors (Lipinski definition) is 1. The van der Waals surface area contributed by atoms with Gasteiger partial charge in [-0.2, -0.15) is 0 Å². The normalized spacial score (nSPS) is 12.1. The van der Waals surface area contributed by atoms with Crippen LogP contribution in [-0.4, -0.2) is 43.0 Å². The van der Waals surface area contributed by atoms with Gasteiger partial charge in [0.2, 0.25) is 0 Å². The molecule has 0 aliphatic rings. The molecule has 0 aliphatic carbocycles. The topological polar surface area (TPSA) is 55.1 Å². The highest BCUT2D eigenvalue weighted by atomic mass is 16.5. The molecule has 0 unspecified atom stereocenters. The lowest BCUT2D eigenvalue weighted by Crippen LogP contribution is -2.34. The highest BCUT2D eigenvalue weighted by molar-refractivity contribution is 5.33. The van der Waals surface area contributed by atoms with Crippen molar-refractivity contribution >= 4 is 0 Å². The molecule has 1 aromatic carbocycles. The third-order valence-corrected chi connectivity index (χ3v) is 3.51. The third-order valence-electron chi connectivity index (χ3n) is 3.51. The van der Waals surface area contributed by atoms with Crippen LogP contribution in [0, 0.1) is 12.3 Å². The Hall–Kier alpha value is -2.26. The number of nitrogens with zero attached hydrogens (tertiary/aromatic N) is 1. The zero-order valence-electron chi connectivity index (χ0n) is 13.9. The van der Waals surface area contributed by atoms with Crippen LogP contribution < -0.4 is 4.74 Å². The second-order valence-electron chi connectivity index (χ2n) is 5.43. The fourth-order valence-electron chi connectivity index (χ4n) is 2.49. The van der Waals surface area contributed by atoms with E-state index >= 15 is 0 Å². The Balaban J connectivity index is 2.03. The van der Waals surface area contributed by atoms with Gasteiger partial charge >= 0.3 is 0 Å². The van der Waals surface area contributed by atoms with E-state index in [1.165, 1.54) is 0 Å². The van der Waals surface area contributed by atoms with Crippen LogP contribution in [0.4, 0.5) is 0 Å². The quantitative estimate of drug-likeness (QED) is 0.535. The average molecular weight is 329 g/mol. The van der Waals surface area contributed by atoms with Crippen LogP contribution >= 0.6 is 0 Å². The zero-order valence-corrected chi connectivity index (χ0v) is 13.9. The highest BCUT2D eigenvalue weighted by Crippen LogP contribution is 2.20. The molecule has 2 aromatic rings. The molecule has 1 N–H and O–H groups in total. The number of methoxy groups -OCH3 is 1. The Morgan fingerprint density at radius 1 is 1.25 bits per heavy atom. The van der Waals surface area contributed by atoms with E-state index in [-0.39, 0.29) is 13.2 Å². The molecule has 0 fully saturated rings. The van der Waals surface area contributed by atoms with Gasteiger partial charge in [0.15, 0.2) is 0 Å². The molecule has 1 atom stereocenters. The molecule has 5 nitrogen and oxygen atoms in total. The van der Waals surface area contributed by atoms with E-state index in [0.717, 1.165) is 17.1 Å². The number of terminal acetylenes is 1. The lowest BCUT2D eigenvalue weighted by atomic mass is 10.1. The van der Waals surface area contributed by atoms with Crippen molar-refractivity contribution in [1.29, 1.82) is 0 Å². The van der Waals surface area contributed by atoms with Gasteiger partial charge in [-0.1, -0.05) is 24.1 Å². The molecule has 0 bridgehead atoms. The second-order valence-corrected chi connectivity index (χ2v) is 5.43. The van der Waals surface area contributed by atoms with Crippen molar-refractivity contribution in [1.82, 2.24) is 4.90 Å². The molecule has 24 heavy (non-hydrogen) atoms. The zero-order chi connectivity index (χ0) is 17.2. The number of para-hydroxylation sites is 1. The van der Waals surface area contributed by atoms with Gasteiger partial charge in [-0.05, 0) is 18.2 Å². The first kappa shape index (κ1) is 18.1. The van der Waals surface area contributed by atoms with Crippen LogP contribution in [0.25, 0.3) is 0 Å². The monoisotopic (exact) mass is 329 g/mol. The van der Waals surface area contributed by atoms with Crippen molar-refractivity contribution in [3.05, 3.63) is 54.0 Å². The summed E-state index contributed by atoms with van der Waals surface area (Å²) in [7, 11) is 1.65. The summed E-state index contributed by atoms with van der Waals surface area (Å²) in [4.78, 5) is 2.08. The van der Waals surface area contributed by atoms with E-state index < -0.39 is 6.10 Å². The lowest BCUT2D eigenvalue weighted by Gasteiger charge is -2.25. The Kier molecular flexibility index (Phi) is 7.37. The van der Waals surface area contributed by atoms with E-state index in [2.05, 4.69) is 10.8 Å². The van der Waals surface area contributed by atoms with Crippen molar-refractivity contribution < 1.29 is 19.0 Å². The summed E-state index contributed by atoms with van der Waals surface area (Å²) in [5, 5.41) is 10.2. The van der Waals surface area contributed by atoms with Gasteiger partial charge in [0, 0.05) is 18.7 Å². The Morgan fingerprint density at radius 3 is 2.79 bits per heavy atom. The summed E-state index contributed by atoms with van der Waals surface area (Å²) in [6, 6.07) is 11.6. The van der Waals surface area contributed by atoms with Crippen LogP contribution in [0.15, 0.2) is 47.1 Å². The van der Waals surface area contributed by atoms with Gasteiger partial charge < -0.3 is 19.0 Å². The smallest absolute Gasteiger partial charge is 0.123 e. The predicted octanol–water partition coefficient (Wildman–Crippen LogP) is 2.30. The molecule has 0 saturated carbocycles. The summed E-state index contributed by atoms with van der Waals surface area (Å²) in [5.41, 5.74) is 1.04. The maximum absolute atomic E-state index is 10.2. The van der Waals surface area contributed by atoms with Crippen LogP contribution in [0.2, 0.25) is 0 Å². The number of ether oxygens (including phenoxy) is 2. The standard InChI is InChI=1S/C19H23NO4/c1-3-10-23-15-17(21)13-20(14-18-8-6-11-24-18)12-16-7-4-5-9-19(16)22-2/h1,4-9,11,17,21H,10,12-15H2,2H3/t17-/m0/s1. The van der Waals surface area contributed by atoms with Crippen LogP contribution in [-0.2, 0) is 17.8 Å². The number of aliphatic hydroxyl groups excluding tert-OH is 1. The van der Waals surface area contributed by atoms with Gasteiger partial charge in [-0.15, -0.1) is 6.42 Å².